The normalized spacial score (nSPS) is 22.8. The Balaban J connectivity index is 1.43. The van der Waals surface area contributed by atoms with Gasteiger partial charge in [-0.05, 0) is 79.1 Å². The maximum absolute atomic E-state index is 13.6. The van der Waals surface area contributed by atoms with Crippen molar-refractivity contribution in [3.05, 3.63) is 77.4 Å². The lowest BCUT2D eigenvalue weighted by Crippen LogP contribution is -2.45. The van der Waals surface area contributed by atoms with E-state index in [0.717, 1.165) is 48.8 Å². The van der Waals surface area contributed by atoms with Crippen molar-refractivity contribution in [2.75, 3.05) is 13.1 Å². The van der Waals surface area contributed by atoms with E-state index in [-0.39, 0.29) is 23.4 Å². The molecule has 4 nitrogen and oxygen atoms in total. The maximum Gasteiger partial charge on any atom is 0.125 e. The number of rotatable bonds is 3. The zero-order valence-electron chi connectivity index (χ0n) is 16.2. The molecular formula is C24H25FN2O2. The number of fused-ring (bicyclic) bond motifs is 4. The number of nitrogens with one attached hydrogen (secondary N) is 1. The van der Waals surface area contributed by atoms with Crippen LogP contribution in [-0.2, 0) is 12.8 Å². The van der Waals surface area contributed by atoms with E-state index in [1.165, 1.54) is 17.3 Å². The second kappa shape index (κ2) is 6.92. The van der Waals surface area contributed by atoms with Crippen molar-refractivity contribution in [1.29, 1.82) is 0 Å². The number of hydrogen-bond donors (Lipinski definition) is 3. The highest BCUT2D eigenvalue weighted by atomic mass is 19.1. The molecule has 0 amide bonds. The lowest BCUT2D eigenvalue weighted by molar-refractivity contribution is 0.0716. The van der Waals surface area contributed by atoms with Crippen molar-refractivity contribution in [3.63, 3.8) is 0 Å². The van der Waals surface area contributed by atoms with E-state index in [9.17, 15) is 14.6 Å². The summed E-state index contributed by atoms with van der Waals surface area (Å²) >= 11 is 0. The summed E-state index contributed by atoms with van der Waals surface area (Å²) in [6, 6.07) is 11.7. The number of aromatic nitrogens is 1. The molecule has 5 heteroatoms. The highest BCUT2D eigenvalue weighted by Crippen LogP contribution is 2.41. The highest BCUT2D eigenvalue weighted by Gasteiger charge is 2.38. The van der Waals surface area contributed by atoms with Gasteiger partial charge in [-0.1, -0.05) is 18.7 Å². The zero-order chi connectivity index (χ0) is 20.1. The molecule has 3 atom stereocenters. The van der Waals surface area contributed by atoms with Crippen LogP contribution < -0.4 is 0 Å². The molecule has 3 aromatic rings. The topological polar surface area (TPSA) is 59.5 Å². The SMILES string of the molecule is C=C(O)C(c1cccc(O)c1)N1CCC2Cc3[nH]c4cc(F)ccc4c3CC2C1. The van der Waals surface area contributed by atoms with Crippen LogP contribution in [0.5, 0.6) is 5.75 Å². The van der Waals surface area contributed by atoms with Gasteiger partial charge >= 0.3 is 0 Å². The molecular weight excluding hydrogens is 367 g/mol. The molecule has 0 spiro atoms. The summed E-state index contributed by atoms with van der Waals surface area (Å²) in [6.45, 7) is 5.53. The first kappa shape index (κ1) is 18.3. The van der Waals surface area contributed by atoms with E-state index < -0.39 is 0 Å². The van der Waals surface area contributed by atoms with Crippen LogP contribution in [-0.4, -0.2) is 33.2 Å². The summed E-state index contributed by atoms with van der Waals surface area (Å²) in [4.78, 5) is 5.71. The number of phenols is 1. The summed E-state index contributed by atoms with van der Waals surface area (Å²) in [5, 5.41) is 21.3. The van der Waals surface area contributed by atoms with Crippen LogP contribution in [0.1, 0.15) is 29.3 Å². The minimum Gasteiger partial charge on any atom is -0.511 e. The van der Waals surface area contributed by atoms with Gasteiger partial charge in [0.1, 0.15) is 17.3 Å². The fraction of sp³-hybridized carbons (Fsp3) is 0.333. The molecule has 150 valence electrons. The Morgan fingerprint density at radius 1 is 1.17 bits per heavy atom. The van der Waals surface area contributed by atoms with Gasteiger partial charge in [0.15, 0.2) is 0 Å². The zero-order valence-corrected chi connectivity index (χ0v) is 16.2. The standard InChI is InChI=1S/C24H25FN2O2/c1-14(28)24(16-3-2-4-19(29)9-16)27-8-7-15-11-22-21(10-17(15)13-27)20-6-5-18(25)12-23(20)26-22/h2-6,9,12,15,17,24,26,28-29H,1,7-8,10-11,13H2. The third-order valence-corrected chi connectivity index (χ3v) is 6.68. The van der Waals surface area contributed by atoms with Crippen molar-refractivity contribution in [2.45, 2.75) is 25.3 Å². The van der Waals surface area contributed by atoms with E-state index in [2.05, 4.69) is 16.5 Å². The molecule has 1 aliphatic heterocycles. The van der Waals surface area contributed by atoms with Gasteiger partial charge in [0.2, 0.25) is 0 Å². The number of aliphatic hydroxyl groups excluding tert-OH is 1. The summed E-state index contributed by atoms with van der Waals surface area (Å²) in [5.41, 5.74) is 4.29. The average Bonchev–Trinajstić information content (AvgIpc) is 3.02. The molecule has 0 saturated carbocycles. The summed E-state index contributed by atoms with van der Waals surface area (Å²) in [6.07, 6.45) is 2.98. The fourth-order valence-electron chi connectivity index (χ4n) is 5.37. The van der Waals surface area contributed by atoms with Gasteiger partial charge in [-0.25, -0.2) is 4.39 Å². The van der Waals surface area contributed by atoms with Gasteiger partial charge in [0.05, 0.1) is 6.04 Å². The minimum atomic E-state index is -0.318. The smallest absolute Gasteiger partial charge is 0.125 e. The molecule has 2 aromatic carbocycles. The molecule has 2 heterocycles. The number of aliphatic hydroxyl groups is 1. The van der Waals surface area contributed by atoms with E-state index in [0.29, 0.717) is 11.8 Å². The van der Waals surface area contributed by atoms with Crippen molar-refractivity contribution >= 4 is 10.9 Å². The molecule has 1 aromatic heterocycles. The Morgan fingerprint density at radius 3 is 2.83 bits per heavy atom. The van der Waals surface area contributed by atoms with Crippen molar-refractivity contribution in [3.8, 4) is 5.75 Å². The molecule has 1 aliphatic carbocycles. The van der Waals surface area contributed by atoms with E-state index >= 15 is 0 Å². The molecule has 29 heavy (non-hydrogen) atoms. The molecule has 0 bridgehead atoms. The van der Waals surface area contributed by atoms with Gasteiger partial charge in [0, 0.05) is 23.1 Å². The van der Waals surface area contributed by atoms with E-state index in [1.807, 2.05) is 12.1 Å². The third-order valence-electron chi connectivity index (χ3n) is 6.68. The van der Waals surface area contributed by atoms with Crippen LogP contribution in [0.3, 0.4) is 0 Å². The number of halogens is 1. The van der Waals surface area contributed by atoms with Gasteiger partial charge in [-0.15, -0.1) is 0 Å². The summed E-state index contributed by atoms with van der Waals surface area (Å²) in [7, 11) is 0. The number of aromatic hydroxyl groups is 1. The monoisotopic (exact) mass is 392 g/mol. The first-order valence-corrected chi connectivity index (χ1v) is 10.2. The van der Waals surface area contributed by atoms with Gasteiger partial charge in [-0.2, -0.15) is 0 Å². The van der Waals surface area contributed by atoms with Crippen molar-refractivity contribution in [2.24, 2.45) is 11.8 Å². The summed E-state index contributed by atoms with van der Waals surface area (Å²) < 4.78 is 13.6. The third kappa shape index (κ3) is 3.19. The van der Waals surface area contributed by atoms with Crippen LogP contribution in [0.2, 0.25) is 0 Å². The van der Waals surface area contributed by atoms with Gasteiger partial charge < -0.3 is 15.2 Å². The first-order valence-electron chi connectivity index (χ1n) is 10.2. The molecule has 1 saturated heterocycles. The second-order valence-electron chi connectivity index (χ2n) is 8.47. The predicted octanol–water partition coefficient (Wildman–Crippen LogP) is 4.86. The number of nitrogens with zero attached hydrogens (tertiary/aromatic N) is 1. The van der Waals surface area contributed by atoms with Crippen LogP contribution in [0.4, 0.5) is 4.39 Å². The Bertz CT molecular complexity index is 1090. The number of phenolic OH excluding ortho intramolecular Hbond substituents is 1. The number of piperidine rings is 1. The lowest BCUT2D eigenvalue weighted by atomic mass is 9.73. The Kier molecular flexibility index (Phi) is 4.36. The molecule has 1 fully saturated rings. The Morgan fingerprint density at radius 2 is 2.03 bits per heavy atom. The summed E-state index contributed by atoms with van der Waals surface area (Å²) in [5.74, 6) is 1.13. The average molecular weight is 392 g/mol. The largest absolute Gasteiger partial charge is 0.511 e. The molecule has 2 aliphatic rings. The number of aromatic amines is 1. The number of benzene rings is 2. The van der Waals surface area contributed by atoms with Crippen LogP contribution in [0.15, 0.2) is 54.8 Å². The molecule has 0 radical (unpaired) electrons. The number of likely N-dealkylation sites (tertiary alicyclic amines) is 1. The Labute approximate surface area is 169 Å². The van der Waals surface area contributed by atoms with Crippen LogP contribution >= 0.6 is 0 Å². The molecule has 3 unspecified atom stereocenters. The number of H-pyrrole nitrogens is 1. The predicted molar refractivity (Wildman–Crippen MR) is 111 cm³/mol. The van der Waals surface area contributed by atoms with Crippen molar-refractivity contribution in [1.82, 2.24) is 9.88 Å². The first-order chi connectivity index (χ1) is 14.0. The van der Waals surface area contributed by atoms with E-state index in [1.54, 1.807) is 24.3 Å². The van der Waals surface area contributed by atoms with Gasteiger partial charge in [-0.3, -0.25) is 4.90 Å². The number of hydrogen-bond acceptors (Lipinski definition) is 3. The molecule has 3 N–H and O–H groups in total. The maximum atomic E-state index is 13.6. The van der Waals surface area contributed by atoms with Crippen LogP contribution in [0.25, 0.3) is 10.9 Å². The van der Waals surface area contributed by atoms with Gasteiger partial charge in [0.25, 0.3) is 0 Å². The minimum absolute atomic E-state index is 0.105. The molecule has 5 rings (SSSR count). The Hall–Kier alpha value is -2.79. The lowest BCUT2D eigenvalue weighted by Gasteiger charge is -2.44. The second-order valence-corrected chi connectivity index (χ2v) is 8.47. The van der Waals surface area contributed by atoms with E-state index in [4.69, 9.17) is 0 Å². The fourth-order valence-corrected chi connectivity index (χ4v) is 5.37. The van der Waals surface area contributed by atoms with Crippen molar-refractivity contribution < 1.29 is 14.6 Å². The van der Waals surface area contributed by atoms with Crippen LogP contribution in [0, 0.1) is 17.7 Å². The highest BCUT2D eigenvalue weighted by molar-refractivity contribution is 5.85. The quantitative estimate of drug-likeness (QED) is 0.558.